The molecular formula is C11H17N3O4. The molecule has 1 aliphatic carbocycles. The van der Waals surface area contributed by atoms with Gasteiger partial charge in [0.25, 0.3) is 0 Å². The van der Waals surface area contributed by atoms with Crippen LogP contribution in [0.5, 0.6) is 0 Å². The minimum absolute atomic E-state index is 0.0198. The van der Waals surface area contributed by atoms with Gasteiger partial charge in [-0.05, 0) is 24.3 Å². The maximum absolute atomic E-state index is 11.4. The van der Waals surface area contributed by atoms with Gasteiger partial charge < -0.3 is 20.7 Å². The SMILES string of the molecule is Nc1ccn(COC(CO)[C@H]2C[C@@H]2CO)c(=O)n1. The first kappa shape index (κ1) is 13.0. The Kier molecular flexibility index (Phi) is 3.95. The van der Waals surface area contributed by atoms with E-state index in [4.69, 9.17) is 15.6 Å². The molecule has 0 radical (unpaired) electrons. The smallest absolute Gasteiger partial charge is 0.351 e. The van der Waals surface area contributed by atoms with E-state index in [2.05, 4.69) is 4.98 Å². The molecule has 0 spiro atoms. The fraction of sp³-hybridized carbons (Fsp3) is 0.636. The molecule has 0 aliphatic heterocycles. The summed E-state index contributed by atoms with van der Waals surface area (Å²) in [4.78, 5) is 15.0. The zero-order valence-corrected chi connectivity index (χ0v) is 9.90. The summed E-state index contributed by atoms with van der Waals surface area (Å²) in [5.74, 6) is 0.526. The monoisotopic (exact) mass is 255 g/mol. The number of nitrogen functional groups attached to an aromatic ring is 1. The summed E-state index contributed by atoms with van der Waals surface area (Å²) in [5.41, 5.74) is 4.89. The number of hydrogen-bond acceptors (Lipinski definition) is 6. The van der Waals surface area contributed by atoms with E-state index >= 15 is 0 Å². The molecular weight excluding hydrogens is 238 g/mol. The summed E-state index contributed by atoms with van der Waals surface area (Å²) in [6, 6.07) is 1.51. The lowest BCUT2D eigenvalue weighted by molar-refractivity contribution is -0.0407. The van der Waals surface area contributed by atoms with E-state index in [0.717, 1.165) is 6.42 Å². The van der Waals surface area contributed by atoms with E-state index in [-0.39, 0.29) is 43.7 Å². The number of aliphatic hydroxyl groups is 2. The van der Waals surface area contributed by atoms with E-state index < -0.39 is 5.69 Å². The molecule has 1 aliphatic rings. The van der Waals surface area contributed by atoms with Gasteiger partial charge >= 0.3 is 5.69 Å². The van der Waals surface area contributed by atoms with Crippen LogP contribution in [0.3, 0.4) is 0 Å². The molecule has 7 heteroatoms. The van der Waals surface area contributed by atoms with Gasteiger partial charge in [0.05, 0.1) is 12.7 Å². The van der Waals surface area contributed by atoms with Crippen molar-refractivity contribution < 1.29 is 14.9 Å². The first-order valence-electron chi connectivity index (χ1n) is 5.82. The Hall–Kier alpha value is -1.44. The lowest BCUT2D eigenvalue weighted by Crippen LogP contribution is -2.29. The average Bonchev–Trinajstić information content (AvgIpc) is 3.12. The average molecular weight is 255 g/mol. The van der Waals surface area contributed by atoms with Gasteiger partial charge in [0, 0.05) is 12.8 Å². The lowest BCUT2D eigenvalue weighted by Gasteiger charge is -2.16. The van der Waals surface area contributed by atoms with Crippen molar-refractivity contribution in [2.24, 2.45) is 11.8 Å². The van der Waals surface area contributed by atoms with E-state index in [1.165, 1.54) is 16.8 Å². The van der Waals surface area contributed by atoms with E-state index in [0.29, 0.717) is 0 Å². The molecule has 1 heterocycles. The molecule has 3 atom stereocenters. The Labute approximate surface area is 104 Å². The molecule has 1 unspecified atom stereocenters. The van der Waals surface area contributed by atoms with Crippen molar-refractivity contribution in [1.82, 2.24) is 9.55 Å². The molecule has 4 N–H and O–H groups in total. The standard InChI is InChI=1S/C11H17N3O4/c12-10-1-2-14(11(17)13-10)6-18-9(5-16)8-3-7(8)4-15/h1-2,7-9,15-16H,3-6H2,(H2,12,13,17)/t7-,8+,9?/m1/s1. The number of rotatable bonds is 6. The predicted octanol–water partition coefficient (Wildman–Crippen LogP) is -1.21. The van der Waals surface area contributed by atoms with Crippen LogP contribution in [0.25, 0.3) is 0 Å². The fourth-order valence-electron chi connectivity index (χ4n) is 1.96. The van der Waals surface area contributed by atoms with Crippen LogP contribution in [0.15, 0.2) is 17.1 Å². The normalized spacial score (nSPS) is 23.9. The topological polar surface area (TPSA) is 111 Å². The van der Waals surface area contributed by atoms with Crippen LogP contribution in [0.4, 0.5) is 5.82 Å². The van der Waals surface area contributed by atoms with Gasteiger partial charge in [-0.1, -0.05) is 0 Å². The summed E-state index contributed by atoms with van der Waals surface area (Å²) in [5, 5.41) is 18.2. The molecule has 0 bridgehead atoms. The number of hydrogen-bond donors (Lipinski definition) is 3. The maximum Gasteiger partial charge on any atom is 0.351 e. The number of aliphatic hydroxyl groups excluding tert-OH is 2. The molecule has 0 amide bonds. The van der Waals surface area contributed by atoms with Gasteiger partial charge in [-0.2, -0.15) is 4.98 Å². The third kappa shape index (κ3) is 2.87. The Morgan fingerprint density at radius 1 is 1.61 bits per heavy atom. The van der Waals surface area contributed by atoms with Gasteiger partial charge in [-0.25, -0.2) is 4.79 Å². The Bertz CT molecular complexity index is 462. The largest absolute Gasteiger partial charge is 0.396 e. The van der Waals surface area contributed by atoms with Crippen LogP contribution in [0.1, 0.15) is 6.42 Å². The summed E-state index contributed by atoms with van der Waals surface area (Å²) < 4.78 is 6.75. The number of aromatic nitrogens is 2. The van der Waals surface area contributed by atoms with Gasteiger partial charge in [-0.3, -0.25) is 4.57 Å². The predicted molar refractivity (Wildman–Crippen MR) is 63.6 cm³/mol. The zero-order valence-electron chi connectivity index (χ0n) is 9.90. The van der Waals surface area contributed by atoms with Crippen molar-refractivity contribution in [3.05, 3.63) is 22.7 Å². The third-order valence-electron chi connectivity index (χ3n) is 3.19. The van der Waals surface area contributed by atoms with Crippen LogP contribution in [-0.4, -0.2) is 39.1 Å². The Morgan fingerprint density at radius 3 is 2.94 bits per heavy atom. The quantitative estimate of drug-likeness (QED) is 0.588. The van der Waals surface area contributed by atoms with Crippen LogP contribution in [0.2, 0.25) is 0 Å². The molecule has 0 saturated heterocycles. The molecule has 18 heavy (non-hydrogen) atoms. The maximum atomic E-state index is 11.4. The van der Waals surface area contributed by atoms with Crippen molar-refractivity contribution in [1.29, 1.82) is 0 Å². The highest BCUT2D eigenvalue weighted by atomic mass is 16.5. The summed E-state index contributed by atoms with van der Waals surface area (Å²) in [7, 11) is 0. The zero-order chi connectivity index (χ0) is 13.1. The van der Waals surface area contributed by atoms with Crippen LogP contribution in [0, 0.1) is 11.8 Å². The van der Waals surface area contributed by atoms with E-state index in [9.17, 15) is 9.90 Å². The van der Waals surface area contributed by atoms with Crippen molar-refractivity contribution in [2.45, 2.75) is 19.3 Å². The van der Waals surface area contributed by atoms with Gasteiger partial charge in [0.15, 0.2) is 0 Å². The second kappa shape index (κ2) is 5.47. The molecule has 1 saturated carbocycles. The molecule has 2 rings (SSSR count). The highest BCUT2D eigenvalue weighted by Crippen LogP contribution is 2.41. The third-order valence-corrected chi connectivity index (χ3v) is 3.19. The number of anilines is 1. The first-order chi connectivity index (χ1) is 8.65. The minimum atomic E-state index is -0.485. The summed E-state index contributed by atoms with van der Waals surface area (Å²) in [6.45, 7) is -0.00178. The molecule has 1 aromatic rings. The molecule has 7 nitrogen and oxygen atoms in total. The molecule has 0 aromatic carbocycles. The molecule has 1 fully saturated rings. The van der Waals surface area contributed by atoms with Crippen molar-refractivity contribution >= 4 is 5.82 Å². The van der Waals surface area contributed by atoms with Crippen molar-refractivity contribution in [3.63, 3.8) is 0 Å². The lowest BCUT2D eigenvalue weighted by atomic mass is 10.2. The minimum Gasteiger partial charge on any atom is -0.396 e. The number of nitrogens with two attached hydrogens (primary N) is 1. The first-order valence-corrected chi connectivity index (χ1v) is 5.82. The molecule has 1 aromatic heterocycles. The van der Waals surface area contributed by atoms with Crippen LogP contribution < -0.4 is 11.4 Å². The van der Waals surface area contributed by atoms with Crippen molar-refractivity contribution in [2.75, 3.05) is 18.9 Å². The Morgan fingerprint density at radius 2 is 2.39 bits per heavy atom. The Balaban J connectivity index is 1.92. The van der Waals surface area contributed by atoms with Gasteiger partial charge in [-0.15, -0.1) is 0 Å². The van der Waals surface area contributed by atoms with E-state index in [1.807, 2.05) is 0 Å². The number of ether oxygens (including phenoxy) is 1. The van der Waals surface area contributed by atoms with Gasteiger partial charge in [0.1, 0.15) is 12.5 Å². The highest BCUT2D eigenvalue weighted by Gasteiger charge is 2.42. The highest BCUT2D eigenvalue weighted by molar-refractivity contribution is 5.23. The fourth-order valence-corrected chi connectivity index (χ4v) is 1.96. The van der Waals surface area contributed by atoms with Crippen LogP contribution >= 0.6 is 0 Å². The second-order valence-electron chi connectivity index (χ2n) is 4.46. The number of nitrogens with zero attached hydrogens (tertiary/aromatic N) is 2. The van der Waals surface area contributed by atoms with Crippen molar-refractivity contribution in [3.8, 4) is 0 Å². The second-order valence-corrected chi connectivity index (χ2v) is 4.46. The summed E-state index contributed by atoms with van der Waals surface area (Å²) in [6.07, 6.45) is 1.98. The summed E-state index contributed by atoms with van der Waals surface area (Å²) >= 11 is 0. The van der Waals surface area contributed by atoms with Gasteiger partial charge in [0.2, 0.25) is 0 Å². The van der Waals surface area contributed by atoms with Crippen LogP contribution in [-0.2, 0) is 11.5 Å². The van der Waals surface area contributed by atoms with E-state index in [1.54, 1.807) is 0 Å². The molecule has 100 valence electrons.